The first-order valence-corrected chi connectivity index (χ1v) is 14.0. The molecule has 8 N–H and O–H groups in total. The maximum Gasteiger partial charge on any atom is 0.262 e. The molecule has 1 aromatic heterocycles. The van der Waals surface area contributed by atoms with Gasteiger partial charge in [0.2, 0.25) is 0 Å². The lowest BCUT2D eigenvalue weighted by atomic mass is 9.70. The van der Waals surface area contributed by atoms with Crippen molar-refractivity contribution in [1.29, 1.82) is 0 Å². The number of hydrogen-bond acceptors (Lipinski definition) is 8. The van der Waals surface area contributed by atoms with E-state index in [0.29, 0.717) is 55.4 Å². The van der Waals surface area contributed by atoms with Crippen LogP contribution in [0.15, 0.2) is 60.7 Å². The van der Waals surface area contributed by atoms with Crippen LogP contribution in [0.4, 0.5) is 5.69 Å². The van der Waals surface area contributed by atoms with Crippen molar-refractivity contribution < 1.29 is 14.3 Å². The number of anilines is 1. The number of halogens is 1. The second-order valence-electron chi connectivity index (χ2n) is 9.97. The molecule has 200 valence electrons. The van der Waals surface area contributed by atoms with Crippen LogP contribution in [0.3, 0.4) is 0 Å². The maximum absolute atomic E-state index is 14.0. The van der Waals surface area contributed by atoms with Gasteiger partial charge in [-0.25, -0.2) is 0 Å². The third-order valence-corrected chi connectivity index (χ3v) is 9.06. The Balaban J connectivity index is 1.44. The zero-order valence-corrected chi connectivity index (χ0v) is 22.6. The molecule has 4 aromatic rings. The average Bonchev–Trinajstić information content (AvgIpc) is 3.35. The molecule has 2 heterocycles. The molecule has 0 spiro atoms. The minimum Gasteiger partial charge on any atom is -0.457 e. The summed E-state index contributed by atoms with van der Waals surface area (Å²) in [7, 11) is 0. The summed E-state index contributed by atoms with van der Waals surface area (Å²) in [6.45, 7) is 1.62. The molecule has 1 aliphatic carbocycles. The molecule has 8 nitrogen and oxygen atoms in total. The number of benzene rings is 3. The van der Waals surface area contributed by atoms with Crippen molar-refractivity contribution in [1.82, 2.24) is 10.6 Å². The van der Waals surface area contributed by atoms with E-state index in [1.165, 1.54) is 11.3 Å². The molecule has 0 bridgehead atoms. The highest BCUT2D eigenvalue weighted by atomic mass is 35.5. The molecular weight excluding hydrogens is 534 g/mol. The van der Waals surface area contributed by atoms with E-state index in [4.69, 9.17) is 33.5 Å². The Bertz CT molecular complexity index is 1600. The smallest absolute Gasteiger partial charge is 0.262 e. The summed E-state index contributed by atoms with van der Waals surface area (Å²) in [6, 6.07) is 16.6. The molecule has 39 heavy (non-hydrogen) atoms. The van der Waals surface area contributed by atoms with Crippen LogP contribution in [-0.4, -0.2) is 30.8 Å². The summed E-state index contributed by atoms with van der Waals surface area (Å²) in [5.41, 5.74) is 20.1. The topological polar surface area (TPSA) is 145 Å². The summed E-state index contributed by atoms with van der Waals surface area (Å²) in [4.78, 5) is 27.8. The van der Waals surface area contributed by atoms with Crippen LogP contribution in [0.5, 0.6) is 11.5 Å². The Morgan fingerprint density at radius 1 is 1.10 bits per heavy atom. The molecule has 1 fully saturated rings. The molecule has 3 atom stereocenters. The summed E-state index contributed by atoms with van der Waals surface area (Å²) in [6.07, 6.45) is 1.86. The van der Waals surface area contributed by atoms with Crippen LogP contribution in [0, 0.1) is 0 Å². The number of nitrogens with two attached hydrogens (primary N) is 3. The lowest BCUT2D eigenvalue weighted by molar-refractivity contribution is -0.124. The fourth-order valence-corrected chi connectivity index (χ4v) is 7.08. The van der Waals surface area contributed by atoms with Crippen LogP contribution in [-0.2, 0) is 10.3 Å². The quantitative estimate of drug-likeness (QED) is 0.230. The van der Waals surface area contributed by atoms with E-state index >= 15 is 0 Å². The number of Topliss-reactive ketones (excluding diaryl/α,β-unsaturated/α-hetero) is 1. The Labute approximate surface area is 234 Å². The van der Waals surface area contributed by atoms with Gasteiger partial charge in [-0.15, -0.1) is 11.3 Å². The lowest BCUT2D eigenvalue weighted by Gasteiger charge is -2.37. The number of amides is 1. The normalized spacial score (nSPS) is 22.6. The van der Waals surface area contributed by atoms with E-state index < -0.39 is 17.4 Å². The number of carbonyl (C=O) groups is 2. The van der Waals surface area contributed by atoms with Crippen molar-refractivity contribution >= 4 is 50.4 Å². The molecule has 10 heteroatoms. The molecule has 1 amide bonds. The van der Waals surface area contributed by atoms with Gasteiger partial charge in [-0.05, 0) is 55.3 Å². The van der Waals surface area contributed by atoms with Crippen molar-refractivity contribution in [2.45, 2.75) is 30.5 Å². The van der Waals surface area contributed by atoms with Crippen LogP contribution in [0.2, 0.25) is 5.02 Å². The van der Waals surface area contributed by atoms with E-state index in [1.54, 1.807) is 30.3 Å². The summed E-state index contributed by atoms with van der Waals surface area (Å²) in [5, 5.41) is 7.29. The van der Waals surface area contributed by atoms with Crippen molar-refractivity contribution in [3.63, 3.8) is 0 Å². The van der Waals surface area contributed by atoms with Crippen LogP contribution >= 0.6 is 22.9 Å². The van der Waals surface area contributed by atoms with Gasteiger partial charge in [-0.1, -0.05) is 41.9 Å². The van der Waals surface area contributed by atoms with Gasteiger partial charge in [0.05, 0.1) is 20.6 Å². The van der Waals surface area contributed by atoms with Gasteiger partial charge in [0.25, 0.3) is 5.91 Å². The SMILES string of the molecule is Nc1ccc2c3c(c(C(=O)NC4CCCNC4)sc13)C(N)C(=O)C2(N)c1ccc(Oc2ccccc2)cc1Cl. The van der Waals surface area contributed by atoms with E-state index in [9.17, 15) is 9.59 Å². The molecule has 2 aliphatic rings. The number of para-hydroxylation sites is 1. The predicted molar refractivity (Wildman–Crippen MR) is 154 cm³/mol. The van der Waals surface area contributed by atoms with Gasteiger partial charge in [0, 0.05) is 34.8 Å². The molecule has 1 saturated heterocycles. The minimum absolute atomic E-state index is 0.0000199. The number of hydrogen-bond donors (Lipinski definition) is 5. The number of rotatable bonds is 5. The molecule has 0 radical (unpaired) electrons. The Morgan fingerprint density at radius 2 is 1.87 bits per heavy atom. The van der Waals surface area contributed by atoms with E-state index in [0.717, 1.165) is 19.4 Å². The fourth-order valence-electron chi connectivity index (χ4n) is 5.56. The first-order valence-electron chi connectivity index (χ1n) is 12.8. The Hall–Kier alpha value is -3.47. The zero-order chi connectivity index (χ0) is 27.3. The third-order valence-electron chi connectivity index (χ3n) is 7.50. The van der Waals surface area contributed by atoms with E-state index in [1.807, 2.05) is 30.3 Å². The number of piperidine rings is 1. The number of nitrogen functional groups attached to an aromatic ring is 1. The van der Waals surface area contributed by atoms with Crippen LogP contribution in [0.1, 0.15) is 45.2 Å². The monoisotopic (exact) mass is 561 g/mol. The third kappa shape index (κ3) is 4.27. The van der Waals surface area contributed by atoms with Gasteiger partial charge in [-0.2, -0.15) is 0 Å². The highest BCUT2D eigenvalue weighted by Gasteiger charge is 2.49. The predicted octanol–water partition coefficient (Wildman–Crippen LogP) is 4.20. The second kappa shape index (κ2) is 9.93. The summed E-state index contributed by atoms with van der Waals surface area (Å²) in [5.74, 6) is 0.434. The largest absolute Gasteiger partial charge is 0.457 e. The van der Waals surface area contributed by atoms with Crippen molar-refractivity contribution in [3.8, 4) is 11.5 Å². The standard InChI is InChI=1S/C29H28ClN5O3S/c30-20-13-17(38-16-6-2-1-3-7-16)8-9-18(20)29(33)19-10-11-21(31)25-22(19)23(24(32)27(29)36)26(39-25)28(37)35-15-5-4-12-34-14-15/h1-3,6-11,13,15,24,34H,4-5,12,14,31-33H2,(H,35,37). The number of thiophene rings is 1. The number of ether oxygens (including phenoxy) is 1. The van der Waals surface area contributed by atoms with Gasteiger partial charge >= 0.3 is 0 Å². The summed E-state index contributed by atoms with van der Waals surface area (Å²) >= 11 is 7.98. The fraction of sp³-hybridized carbons (Fsp3) is 0.241. The number of ketones is 1. The van der Waals surface area contributed by atoms with Crippen molar-refractivity contribution in [3.05, 3.63) is 87.3 Å². The highest BCUT2D eigenvalue weighted by molar-refractivity contribution is 7.21. The molecule has 3 aromatic carbocycles. The Kier molecular flexibility index (Phi) is 6.57. The minimum atomic E-state index is -1.65. The summed E-state index contributed by atoms with van der Waals surface area (Å²) < 4.78 is 6.58. The first-order chi connectivity index (χ1) is 18.8. The highest BCUT2D eigenvalue weighted by Crippen LogP contribution is 2.50. The van der Waals surface area contributed by atoms with Crippen LogP contribution in [0.25, 0.3) is 10.1 Å². The average molecular weight is 562 g/mol. The van der Waals surface area contributed by atoms with E-state index in [2.05, 4.69) is 10.6 Å². The van der Waals surface area contributed by atoms with Gasteiger partial charge in [0.1, 0.15) is 17.0 Å². The van der Waals surface area contributed by atoms with E-state index in [-0.39, 0.29) is 17.0 Å². The lowest BCUT2D eigenvalue weighted by Crippen LogP contribution is -2.53. The van der Waals surface area contributed by atoms with Crippen LogP contribution < -0.4 is 32.6 Å². The van der Waals surface area contributed by atoms with Gasteiger partial charge < -0.3 is 32.6 Å². The molecule has 0 saturated carbocycles. The number of carbonyl (C=O) groups excluding carboxylic acids is 2. The molecule has 6 rings (SSSR count). The number of nitrogens with one attached hydrogen (secondary N) is 2. The van der Waals surface area contributed by atoms with Gasteiger partial charge in [0.15, 0.2) is 5.78 Å². The molecule has 3 unspecified atom stereocenters. The molecular formula is C29H28ClN5O3S. The van der Waals surface area contributed by atoms with Crippen molar-refractivity contribution in [2.24, 2.45) is 11.5 Å². The first kappa shape index (κ1) is 25.8. The maximum atomic E-state index is 14.0. The Morgan fingerprint density at radius 3 is 2.59 bits per heavy atom. The van der Waals surface area contributed by atoms with Gasteiger partial charge in [-0.3, -0.25) is 9.59 Å². The zero-order valence-electron chi connectivity index (χ0n) is 21.0. The molecule has 1 aliphatic heterocycles. The van der Waals surface area contributed by atoms with Crippen molar-refractivity contribution in [2.75, 3.05) is 18.8 Å². The second-order valence-corrected chi connectivity index (χ2v) is 11.4.